The van der Waals surface area contributed by atoms with Crippen molar-refractivity contribution in [2.45, 2.75) is 90.8 Å². The maximum atomic E-state index is 13.0. The van der Waals surface area contributed by atoms with E-state index < -0.39 is 16.6 Å². The van der Waals surface area contributed by atoms with Crippen LogP contribution in [0, 0.1) is 23.2 Å². The lowest BCUT2D eigenvalue weighted by Gasteiger charge is -2.60. The van der Waals surface area contributed by atoms with Crippen molar-refractivity contribution in [2.75, 3.05) is 0 Å². The Balaban J connectivity index is 1.82. The lowest BCUT2D eigenvalue weighted by molar-refractivity contribution is -0.219. The predicted octanol–water partition coefficient (Wildman–Crippen LogP) is 4.26. The van der Waals surface area contributed by atoms with E-state index in [1.807, 2.05) is 34.6 Å². The van der Waals surface area contributed by atoms with Gasteiger partial charge in [0.25, 0.3) is 0 Å². The van der Waals surface area contributed by atoms with Gasteiger partial charge in [0, 0.05) is 6.42 Å². The van der Waals surface area contributed by atoms with Crippen molar-refractivity contribution in [2.24, 2.45) is 23.2 Å². The number of carbonyl (C=O) groups excluding carboxylic acids is 2. The molecule has 0 spiro atoms. The molecular formula is C20H32O4. The Morgan fingerprint density at radius 1 is 1.12 bits per heavy atom. The van der Waals surface area contributed by atoms with Crippen LogP contribution in [0.5, 0.6) is 0 Å². The van der Waals surface area contributed by atoms with E-state index in [2.05, 4.69) is 0 Å². The van der Waals surface area contributed by atoms with Crippen LogP contribution < -0.4 is 0 Å². The summed E-state index contributed by atoms with van der Waals surface area (Å²) in [6, 6.07) is 0. The molecule has 3 unspecified atom stereocenters. The van der Waals surface area contributed by atoms with Gasteiger partial charge in [-0.25, -0.2) is 0 Å². The van der Waals surface area contributed by atoms with Crippen molar-refractivity contribution in [1.82, 2.24) is 0 Å². The molecule has 0 aromatic heterocycles. The largest absolute Gasteiger partial charge is 0.460 e. The normalized spacial score (nSPS) is 38.7. The van der Waals surface area contributed by atoms with Crippen LogP contribution in [0.25, 0.3) is 0 Å². The van der Waals surface area contributed by atoms with E-state index in [0.29, 0.717) is 18.3 Å². The van der Waals surface area contributed by atoms with Gasteiger partial charge in [0.1, 0.15) is 11.2 Å². The number of carbonyl (C=O) groups is 2. The van der Waals surface area contributed by atoms with Gasteiger partial charge in [-0.2, -0.15) is 0 Å². The van der Waals surface area contributed by atoms with Crippen LogP contribution in [0.15, 0.2) is 0 Å². The van der Waals surface area contributed by atoms with Crippen LogP contribution in [0.3, 0.4) is 0 Å². The molecule has 4 aliphatic rings. The van der Waals surface area contributed by atoms with E-state index in [1.54, 1.807) is 0 Å². The molecule has 0 amide bonds. The first kappa shape index (κ1) is 17.8. The number of esters is 2. The summed E-state index contributed by atoms with van der Waals surface area (Å²) in [6.07, 6.45) is 6.28. The van der Waals surface area contributed by atoms with Crippen LogP contribution in [0.2, 0.25) is 0 Å². The third-order valence-corrected chi connectivity index (χ3v) is 6.17. The molecule has 0 aliphatic heterocycles. The molecule has 4 aliphatic carbocycles. The van der Waals surface area contributed by atoms with Crippen molar-refractivity contribution in [1.29, 1.82) is 0 Å². The Bertz CT molecular complexity index is 516. The lowest BCUT2D eigenvalue weighted by atomic mass is 9.48. The minimum Gasteiger partial charge on any atom is -0.460 e. The van der Waals surface area contributed by atoms with Gasteiger partial charge in [0.15, 0.2) is 0 Å². The van der Waals surface area contributed by atoms with E-state index in [9.17, 15) is 9.59 Å². The van der Waals surface area contributed by atoms with Crippen LogP contribution >= 0.6 is 0 Å². The third kappa shape index (κ3) is 3.21. The van der Waals surface area contributed by atoms with Crippen LogP contribution in [0.4, 0.5) is 0 Å². The number of ether oxygens (including phenoxy) is 2. The van der Waals surface area contributed by atoms with Crippen LogP contribution in [-0.2, 0) is 19.1 Å². The second-order valence-corrected chi connectivity index (χ2v) is 9.66. The molecule has 4 heteroatoms. The number of hydrogen-bond donors (Lipinski definition) is 0. The van der Waals surface area contributed by atoms with Crippen molar-refractivity contribution >= 4 is 11.9 Å². The summed E-state index contributed by atoms with van der Waals surface area (Å²) < 4.78 is 11.8. The molecule has 24 heavy (non-hydrogen) atoms. The van der Waals surface area contributed by atoms with Gasteiger partial charge in [0.2, 0.25) is 0 Å². The molecule has 0 saturated heterocycles. The van der Waals surface area contributed by atoms with Gasteiger partial charge < -0.3 is 9.47 Å². The molecule has 0 aromatic carbocycles. The molecule has 0 heterocycles. The summed E-state index contributed by atoms with van der Waals surface area (Å²) in [5.74, 6) is 0.731. The second kappa shape index (κ2) is 5.74. The fourth-order valence-corrected chi connectivity index (χ4v) is 5.40. The monoisotopic (exact) mass is 336 g/mol. The minimum atomic E-state index is -0.471. The summed E-state index contributed by atoms with van der Waals surface area (Å²) in [7, 11) is 0. The average Bonchev–Trinajstić information content (AvgIpc) is 2.42. The molecule has 0 N–H and O–H groups in total. The highest BCUT2D eigenvalue weighted by Crippen LogP contribution is 2.63. The Labute approximate surface area is 145 Å². The van der Waals surface area contributed by atoms with Crippen LogP contribution in [0.1, 0.15) is 79.6 Å². The SMILES string of the molecule is CCC(C)C(=O)OC12CC3CC(C1)CC(C(=O)OC(C)(C)C)(C3)C2. The highest BCUT2D eigenvalue weighted by Gasteiger charge is 2.63. The Morgan fingerprint density at radius 2 is 1.71 bits per heavy atom. The Kier molecular flexibility index (Phi) is 4.25. The predicted molar refractivity (Wildman–Crippen MR) is 91.2 cm³/mol. The van der Waals surface area contributed by atoms with E-state index in [1.165, 1.54) is 6.42 Å². The van der Waals surface area contributed by atoms with Gasteiger partial charge in [0.05, 0.1) is 11.3 Å². The van der Waals surface area contributed by atoms with Crippen molar-refractivity contribution in [3.05, 3.63) is 0 Å². The van der Waals surface area contributed by atoms with Crippen LogP contribution in [-0.4, -0.2) is 23.1 Å². The first-order valence-electron chi connectivity index (χ1n) is 9.53. The second-order valence-electron chi connectivity index (χ2n) is 9.66. The van der Waals surface area contributed by atoms with Crippen molar-refractivity contribution < 1.29 is 19.1 Å². The van der Waals surface area contributed by atoms with E-state index >= 15 is 0 Å². The highest BCUT2D eigenvalue weighted by atomic mass is 16.6. The molecule has 4 bridgehead atoms. The van der Waals surface area contributed by atoms with Crippen molar-refractivity contribution in [3.8, 4) is 0 Å². The summed E-state index contributed by atoms with van der Waals surface area (Å²) in [6.45, 7) is 9.69. The standard InChI is InChI=1S/C20H32O4/c1-6-13(2)16(21)23-20-10-14-7-15(11-20)9-19(8-14,12-20)17(22)24-18(3,4)5/h13-15H,6-12H2,1-5H3. The van der Waals surface area contributed by atoms with E-state index in [-0.39, 0.29) is 17.9 Å². The van der Waals surface area contributed by atoms with Gasteiger partial charge in [-0.1, -0.05) is 13.8 Å². The lowest BCUT2D eigenvalue weighted by Crippen LogP contribution is -2.60. The summed E-state index contributed by atoms with van der Waals surface area (Å²) >= 11 is 0. The summed E-state index contributed by atoms with van der Waals surface area (Å²) in [4.78, 5) is 25.4. The molecule has 3 atom stereocenters. The summed E-state index contributed by atoms with van der Waals surface area (Å²) in [5.41, 5.74) is -1.34. The molecule has 4 fully saturated rings. The fraction of sp³-hybridized carbons (Fsp3) is 0.900. The zero-order valence-corrected chi connectivity index (χ0v) is 15.8. The highest BCUT2D eigenvalue weighted by molar-refractivity contribution is 5.78. The smallest absolute Gasteiger partial charge is 0.312 e. The molecular weight excluding hydrogens is 304 g/mol. The zero-order chi connectivity index (χ0) is 17.8. The number of rotatable bonds is 4. The first-order chi connectivity index (χ1) is 11.1. The van der Waals surface area contributed by atoms with E-state index in [4.69, 9.17) is 9.47 Å². The molecule has 0 aromatic rings. The van der Waals surface area contributed by atoms with Gasteiger partial charge in [-0.15, -0.1) is 0 Å². The maximum Gasteiger partial charge on any atom is 0.312 e. The summed E-state index contributed by atoms with van der Waals surface area (Å²) in [5, 5.41) is 0. The Morgan fingerprint density at radius 3 is 2.21 bits per heavy atom. The molecule has 136 valence electrons. The quantitative estimate of drug-likeness (QED) is 0.720. The van der Waals surface area contributed by atoms with E-state index in [0.717, 1.165) is 32.1 Å². The first-order valence-corrected chi connectivity index (χ1v) is 9.53. The molecule has 0 radical (unpaired) electrons. The average molecular weight is 336 g/mol. The van der Waals surface area contributed by atoms with Gasteiger partial charge in [-0.05, 0) is 71.1 Å². The fourth-order valence-electron chi connectivity index (χ4n) is 5.40. The molecule has 4 saturated carbocycles. The Hall–Kier alpha value is -1.06. The van der Waals surface area contributed by atoms with Gasteiger partial charge in [-0.3, -0.25) is 9.59 Å². The van der Waals surface area contributed by atoms with Crippen molar-refractivity contribution in [3.63, 3.8) is 0 Å². The van der Waals surface area contributed by atoms with Gasteiger partial charge >= 0.3 is 11.9 Å². The molecule has 4 nitrogen and oxygen atoms in total. The topological polar surface area (TPSA) is 52.6 Å². The maximum absolute atomic E-state index is 13.0. The third-order valence-electron chi connectivity index (χ3n) is 6.17. The zero-order valence-electron chi connectivity index (χ0n) is 15.8. The minimum absolute atomic E-state index is 0.0736. The number of hydrogen-bond acceptors (Lipinski definition) is 4. The molecule has 4 rings (SSSR count).